The quantitative estimate of drug-likeness (QED) is 0.580. The van der Waals surface area contributed by atoms with Crippen LogP contribution in [0.5, 0.6) is 0 Å². The number of benzene rings is 2. The van der Waals surface area contributed by atoms with Crippen LogP contribution >= 0.6 is 11.6 Å². The van der Waals surface area contributed by atoms with Crippen molar-refractivity contribution in [2.45, 2.75) is 4.90 Å². The highest BCUT2D eigenvalue weighted by molar-refractivity contribution is 7.91. The Hall–Kier alpha value is -2.49. The summed E-state index contributed by atoms with van der Waals surface area (Å²) in [4.78, 5) is 22.5. The third kappa shape index (κ3) is 4.53. The summed E-state index contributed by atoms with van der Waals surface area (Å²) in [5.74, 6) is -0.826. The van der Waals surface area contributed by atoms with Gasteiger partial charge in [0, 0.05) is 24.4 Å². The summed E-state index contributed by atoms with van der Waals surface area (Å²) in [6.07, 6.45) is 0. The van der Waals surface area contributed by atoms with E-state index in [9.17, 15) is 23.3 Å². The topological polar surface area (TPSA) is 132 Å². The number of nitrogens with two attached hydrogens (primary N) is 1. The molecule has 25 heavy (non-hydrogen) atoms. The van der Waals surface area contributed by atoms with E-state index in [1.807, 2.05) is 0 Å². The molecule has 0 aliphatic carbocycles. The second kappa shape index (κ2) is 7.60. The number of non-ortho nitro benzene ring substituents is 1. The molecule has 10 heteroatoms. The van der Waals surface area contributed by atoms with Crippen molar-refractivity contribution in [2.75, 3.05) is 17.6 Å². The zero-order chi connectivity index (χ0) is 18.6. The third-order valence-electron chi connectivity index (χ3n) is 3.26. The molecular formula is C15H14ClN3O5S. The lowest BCUT2D eigenvalue weighted by molar-refractivity contribution is -0.384. The molecule has 0 saturated heterocycles. The fourth-order valence-corrected chi connectivity index (χ4v) is 3.32. The first-order valence-electron chi connectivity index (χ1n) is 7.03. The summed E-state index contributed by atoms with van der Waals surface area (Å²) in [5, 5.41) is 13.4. The van der Waals surface area contributed by atoms with Crippen molar-refractivity contribution in [1.29, 1.82) is 0 Å². The van der Waals surface area contributed by atoms with Crippen LogP contribution in [0.3, 0.4) is 0 Å². The monoisotopic (exact) mass is 383 g/mol. The third-order valence-corrected chi connectivity index (χ3v) is 5.36. The molecule has 8 nitrogen and oxygen atoms in total. The second-order valence-corrected chi connectivity index (χ2v) is 7.52. The maximum absolute atomic E-state index is 12.2. The molecule has 1 amide bonds. The van der Waals surface area contributed by atoms with Gasteiger partial charge in [-0.3, -0.25) is 14.9 Å². The van der Waals surface area contributed by atoms with E-state index in [0.29, 0.717) is 5.69 Å². The minimum absolute atomic E-state index is 0.00606. The van der Waals surface area contributed by atoms with Gasteiger partial charge < -0.3 is 11.1 Å². The molecule has 0 atom stereocenters. The zero-order valence-corrected chi connectivity index (χ0v) is 14.4. The van der Waals surface area contributed by atoms with Gasteiger partial charge in [-0.15, -0.1) is 0 Å². The Balaban J connectivity index is 2.22. The molecule has 0 aliphatic heterocycles. The van der Waals surface area contributed by atoms with E-state index in [0.717, 1.165) is 6.07 Å². The zero-order valence-electron chi connectivity index (χ0n) is 12.8. The van der Waals surface area contributed by atoms with Gasteiger partial charge in [-0.25, -0.2) is 8.42 Å². The summed E-state index contributed by atoms with van der Waals surface area (Å²) in [7, 11) is -3.46. The number of amides is 1. The lowest BCUT2D eigenvalue weighted by Crippen LogP contribution is -2.16. The Morgan fingerprint density at radius 2 is 1.84 bits per heavy atom. The molecule has 2 aromatic rings. The normalized spacial score (nSPS) is 11.1. The average Bonchev–Trinajstić information content (AvgIpc) is 2.55. The molecule has 0 unspecified atom stereocenters. The van der Waals surface area contributed by atoms with Gasteiger partial charge >= 0.3 is 0 Å². The Morgan fingerprint density at radius 3 is 2.40 bits per heavy atom. The summed E-state index contributed by atoms with van der Waals surface area (Å²) in [6, 6.07) is 9.02. The number of nitro benzene ring substituents is 1. The van der Waals surface area contributed by atoms with Crippen LogP contribution in [0.2, 0.25) is 5.02 Å². The van der Waals surface area contributed by atoms with Crippen molar-refractivity contribution in [3.63, 3.8) is 0 Å². The second-order valence-electron chi connectivity index (χ2n) is 5.01. The van der Waals surface area contributed by atoms with Crippen LogP contribution < -0.4 is 11.1 Å². The lowest BCUT2D eigenvalue weighted by atomic mass is 10.2. The highest BCUT2D eigenvalue weighted by Gasteiger charge is 2.17. The number of carbonyl (C=O) groups excluding carboxylic acids is 1. The first kappa shape index (κ1) is 18.8. The highest BCUT2D eigenvalue weighted by Crippen LogP contribution is 2.23. The highest BCUT2D eigenvalue weighted by atomic mass is 35.5. The van der Waals surface area contributed by atoms with Gasteiger partial charge in [-0.1, -0.05) is 11.6 Å². The molecule has 0 aliphatic rings. The lowest BCUT2D eigenvalue weighted by Gasteiger charge is -2.08. The van der Waals surface area contributed by atoms with Crippen molar-refractivity contribution in [3.05, 3.63) is 63.2 Å². The van der Waals surface area contributed by atoms with E-state index in [-0.39, 0.29) is 33.5 Å². The van der Waals surface area contributed by atoms with E-state index in [2.05, 4.69) is 5.32 Å². The van der Waals surface area contributed by atoms with Gasteiger partial charge in [0.25, 0.3) is 11.6 Å². The van der Waals surface area contributed by atoms with Crippen LogP contribution in [0.4, 0.5) is 11.4 Å². The van der Waals surface area contributed by atoms with Gasteiger partial charge in [0.2, 0.25) is 0 Å². The number of anilines is 1. The molecule has 2 rings (SSSR count). The number of sulfone groups is 1. The molecule has 2 aromatic carbocycles. The van der Waals surface area contributed by atoms with Crippen LogP contribution in [0.15, 0.2) is 47.4 Å². The van der Waals surface area contributed by atoms with E-state index < -0.39 is 20.7 Å². The average molecular weight is 384 g/mol. The largest absolute Gasteiger partial charge is 0.329 e. The number of hydrogen-bond acceptors (Lipinski definition) is 6. The molecule has 0 fully saturated rings. The van der Waals surface area contributed by atoms with E-state index in [1.165, 1.54) is 36.4 Å². The van der Waals surface area contributed by atoms with Crippen molar-refractivity contribution in [1.82, 2.24) is 0 Å². The number of nitrogens with one attached hydrogen (secondary N) is 1. The molecule has 132 valence electrons. The minimum Gasteiger partial charge on any atom is -0.329 e. The fraction of sp³-hybridized carbons (Fsp3) is 0.133. The van der Waals surface area contributed by atoms with Crippen LogP contribution in [-0.4, -0.2) is 31.5 Å². The first-order valence-corrected chi connectivity index (χ1v) is 9.06. The van der Waals surface area contributed by atoms with Gasteiger partial charge in [0.1, 0.15) is 0 Å². The number of rotatable bonds is 6. The number of nitro groups is 1. The van der Waals surface area contributed by atoms with E-state index in [4.69, 9.17) is 17.3 Å². The van der Waals surface area contributed by atoms with Gasteiger partial charge in [0.05, 0.1) is 26.2 Å². The maximum Gasteiger partial charge on any atom is 0.270 e. The molecule has 0 bridgehead atoms. The summed E-state index contributed by atoms with van der Waals surface area (Å²) >= 11 is 5.91. The van der Waals surface area contributed by atoms with Crippen LogP contribution in [-0.2, 0) is 9.84 Å². The van der Waals surface area contributed by atoms with Crippen LogP contribution in [0, 0.1) is 10.1 Å². The molecule has 0 spiro atoms. The predicted octanol–water partition coefficient (Wildman–Crippen LogP) is 2.23. The first-order chi connectivity index (χ1) is 11.7. The summed E-state index contributed by atoms with van der Waals surface area (Å²) < 4.78 is 23.8. The summed E-state index contributed by atoms with van der Waals surface area (Å²) in [6.45, 7) is 0.00606. The maximum atomic E-state index is 12.2. The predicted molar refractivity (Wildman–Crippen MR) is 93.6 cm³/mol. The van der Waals surface area contributed by atoms with Crippen molar-refractivity contribution >= 4 is 38.7 Å². The summed E-state index contributed by atoms with van der Waals surface area (Å²) in [5.41, 5.74) is 5.26. The Labute approximate surface area is 148 Å². The molecule has 0 aromatic heterocycles. The molecule has 0 radical (unpaired) electrons. The van der Waals surface area contributed by atoms with Crippen molar-refractivity contribution < 1.29 is 18.1 Å². The minimum atomic E-state index is -3.46. The fourth-order valence-electron chi connectivity index (χ4n) is 2.02. The number of nitrogens with zero attached hydrogens (tertiary/aromatic N) is 1. The van der Waals surface area contributed by atoms with Crippen LogP contribution in [0.1, 0.15) is 10.4 Å². The molecule has 0 saturated carbocycles. The molecule has 3 N–H and O–H groups in total. The molecule has 0 heterocycles. The van der Waals surface area contributed by atoms with E-state index >= 15 is 0 Å². The standard InChI is InChI=1S/C15H14ClN3O5S/c16-14-6-3-11(19(21)22)9-13(14)15(20)18-10-1-4-12(5-2-10)25(23,24)8-7-17/h1-6,9H,7-8,17H2,(H,18,20). The van der Waals surface area contributed by atoms with Crippen molar-refractivity contribution in [3.8, 4) is 0 Å². The number of hydrogen-bond donors (Lipinski definition) is 2. The van der Waals surface area contributed by atoms with E-state index in [1.54, 1.807) is 0 Å². The van der Waals surface area contributed by atoms with Crippen molar-refractivity contribution in [2.24, 2.45) is 5.73 Å². The number of halogens is 1. The Bertz CT molecular complexity index is 913. The SMILES string of the molecule is NCCS(=O)(=O)c1ccc(NC(=O)c2cc([N+](=O)[O-])ccc2Cl)cc1. The Kier molecular flexibility index (Phi) is 5.73. The van der Waals surface area contributed by atoms with Crippen LogP contribution in [0.25, 0.3) is 0 Å². The van der Waals surface area contributed by atoms with Gasteiger partial charge in [-0.05, 0) is 30.3 Å². The number of carbonyl (C=O) groups is 1. The smallest absolute Gasteiger partial charge is 0.270 e. The van der Waals surface area contributed by atoms with Gasteiger partial charge in [0.15, 0.2) is 9.84 Å². The Morgan fingerprint density at radius 1 is 1.20 bits per heavy atom. The van der Waals surface area contributed by atoms with Gasteiger partial charge in [-0.2, -0.15) is 0 Å². The molecular weight excluding hydrogens is 370 g/mol.